The lowest BCUT2D eigenvalue weighted by atomic mass is 9.91. The number of halogens is 3. The van der Waals surface area contributed by atoms with Gasteiger partial charge in [-0.3, -0.25) is 0 Å². The Bertz CT molecular complexity index is 668. The van der Waals surface area contributed by atoms with Gasteiger partial charge in [-0.1, -0.05) is 38.4 Å². The Kier molecular flexibility index (Phi) is 4.02. The van der Waals surface area contributed by atoms with Gasteiger partial charge in [0.2, 0.25) is 0 Å². The zero-order valence-corrected chi connectivity index (χ0v) is 13.7. The van der Waals surface area contributed by atoms with E-state index in [0.717, 1.165) is 5.69 Å². The molecule has 3 nitrogen and oxygen atoms in total. The van der Waals surface area contributed by atoms with Crippen molar-refractivity contribution in [3.8, 4) is 11.4 Å². The first-order valence-corrected chi connectivity index (χ1v) is 7.17. The molecule has 0 bridgehead atoms. The van der Waals surface area contributed by atoms with E-state index in [0.29, 0.717) is 4.47 Å². The maximum Gasteiger partial charge on any atom is 0.164 e. The third-order valence-corrected chi connectivity index (χ3v) is 3.85. The zero-order valence-electron chi connectivity index (χ0n) is 11.3. The van der Waals surface area contributed by atoms with Crippen LogP contribution in [0.4, 0.5) is 10.2 Å². The Balaban J connectivity index is 2.71. The second-order valence-corrected chi connectivity index (χ2v) is 6.65. The van der Waals surface area contributed by atoms with Crippen molar-refractivity contribution in [3.63, 3.8) is 0 Å². The Morgan fingerprint density at radius 3 is 2.50 bits per heavy atom. The Hall–Kier alpha value is -1.20. The second kappa shape index (κ2) is 5.30. The van der Waals surface area contributed by atoms with Crippen molar-refractivity contribution >= 4 is 33.3 Å². The highest BCUT2D eigenvalue weighted by molar-refractivity contribution is 9.10. The summed E-state index contributed by atoms with van der Waals surface area (Å²) in [6.07, 6.45) is 0. The summed E-state index contributed by atoms with van der Waals surface area (Å²) in [5.41, 5.74) is 6.60. The summed E-state index contributed by atoms with van der Waals surface area (Å²) < 4.78 is 14.7. The number of nitrogens with zero attached hydrogens (tertiary/aromatic N) is 2. The molecule has 2 rings (SSSR count). The fraction of sp³-hybridized carbons (Fsp3) is 0.286. The molecule has 0 amide bonds. The molecule has 0 atom stereocenters. The summed E-state index contributed by atoms with van der Waals surface area (Å²) in [7, 11) is 0. The van der Waals surface area contributed by atoms with Crippen LogP contribution in [0.25, 0.3) is 11.4 Å². The third kappa shape index (κ3) is 2.79. The second-order valence-electron chi connectivity index (χ2n) is 5.45. The van der Waals surface area contributed by atoms with Gasteiger partial charge in [-0.2, -0.15) is 0 Å². The van der Waals surface area contributed by atoms with Crippen molar-refractivity contribution < 1.29 is 4.39 Å². The van der Waals surface area contributed by atoms with Gasteiger partial charge in [0, 0.05) is 5.41 Å². The molecule has 0 unspecified atom stereocenters. The maximum atomic E-state index is 14.1. The van der Waals surface area contributed by atoms with Crippen molar-refractivity contribution in [2.75, 3.05) is 5.73 Å². The largest absolute Gasteiger partial charge is 0.383 e. The van der Waals surface area contributed by atoms with E-state index in [2.05, 4.69) is 25.9 Å². The van der Waals surface area contributed by atoms with Crippen molar-refractivity contribution in [1.29, 1.82) is 0 Å². The molecule has 106 valence electrons. The minimum absolute atomic E-state index is 0.0323. The minimum Gasteiger partial charge on any atom is -0.383 e. The van der Waals surface area contributed by atoms with Gasteiger partial charge in [-0.05, 0) is 28.1 Å². The summed E-state index contributed by atoms with van der Waals surface area (Å²) >= 11 is 9.18. The maximum absolute atomic E-state index is 14.1. The Morgan fingerprint density at radius 1 is 1.25 bits per heavy atom. The molecule has 2 N–H and O–H groups in total. The molecule has 1 heterocycles. The van der Waals surface area contributed by atoms with Crippen LogP contribution >= 0.6 is 27.5 Å². The average molecular weight is 359 g/mol. The van der Waals surface area contributed by atoms with E-state index in [1.807, 2.05) is 20.8 Å². The van der Waals surface area contributed by atoms with Gasteiger partial charge >= 0.3 is 0 Å². The van der Waals surface area contributed by atoms with Gasteiger partial charge < -0.3 is 5.73 Å². The summed E-state index contributed by atoms with van der Waals surface area (Å²) in [5, 5.41) is 0.0323. The van der Waals surface area contributed by atoms with Crippen LogP contribution in [-0.4, -0.2) is 9.97 Å². The fourth-order valence-electron chi connectivity index (χ4n) is 1.76. The molecule has 0 saturated carbocycles. The van der Waals surface area contributed by atoms with Crippen LogP contribution in [0.5, 0.6) is 0 Å². The molecular weight excluding hydrogens is 345 g/mol. The quantitative estimate of drug-likeness (QED) is 0.812. The SMILES string of the molecule is CC(C)(C)c1nc(-c2cccc(Cl)c2F)nc(N)c1Br. The molecule has 0 spiro atoms. The van der Waals surface area contributed by atoms with E-state index in [-0.39, 0.29) is 27.6 Å². The summed E-state index contributed by atoms with van der Waals surface area (Å²) in [6, 6.07) is 4.71. The number of nitrogens with two attached hydrogens (primary N) is 1. The van der Waals surface area contributed by atoms with E-state index in [1.54, 1.807) is 12.1 Å². The molecule has 0 radical (unpaired) electrons. The predicted molar refractivity (Wildman–Crippen MR) is 83.2 cm³/mol. The van der Waals surface area contributed by atoms with Crippen LogP contribution in [0.1, 0.15) is 26.5 Å². The number of rotatable bonds is 1. The number of hydrogen-bond donors (Lipinski definition) is 1. The highest BCUT2D eigenvalue weighted by atomic mass is 79.9. The number of anilines is 1. The fourth-order valence-corrected chi connectivity index (χ4v) is 2.70. The van der Waals surface area contributed by atoms with Crippen LogP contribution < -0.4 is 5.73 Å². The molecule has 0 aliphatic carbocycles. The van der Waals surface area contributed by atoms with Gasteiger partial charge in [0.25, 0.3) is 0 Å². The van der Waals surface area contributed by atoms with E-state index in [4.69, 9.17) is 17.3 Å². The lowest BCUT2D eigenvalue weighted by Gasteiger charge is -2.21. The lowest BCUT2D eigenvalue weighted by Crippen LogP contribution is -2.17. The van der Waals surface area contributed by atoms with Crippen molar-refractivity contribution in [1.82, 2.24) is 9.97 Å². The van der Waals surface area contributed by atoms with Gasteiger partial charge in [0.1, 0.15) is 5.82 Å². The molecular formula is C14H14BrClFN3. The molecule has 0 fully saturated rings. The van der Waals surface area contributed by atoms with Crippen LogP contribution in [-0.2, 0) is 5.41 Å². The molecule has 1 aromatic carbocycles. The van der Waals surface area contributed by atoms with Crippen LogP contribution in [0.2, 0.25) is 5.02 Å². The molecule has 0 saturated heterocycles. The Morgan fingerprint density at radius 2 is 1.90 bits per heavy atom. The number of nitrogen functional groups attached to an aromatic ring is 1. The van der Waals surface area contributed by atoms with E-state index < -0.39 is 5.82 Å². The van der Waals surface area contributed by atoms with Gasteiger partial charge in [0.05, 0.1) is 20.8 Å². The van der Waals surface area contributed by atoms with Crippen LogP contribution in [0.15, 0.2) is 22.7 Å². The standard InChI is InChI=1S/C14H14BrClFN3/c1-14(2,3)11-9(15)12(18)20-13(19-11)7-5-4-6-8(16)10(7)17/h4-6H,1-3H3,(H2,18,19,20). The zero-order chi connectivity index (χ0) is 15.1. The summed E-state index contributed by atoms with van der Waals surface area (Å²) in [6.45, 7) is 5.99. The van der Waals surface area contributed by atoms with Gasteiger partial charge in [-0.25, -0.2) is 14.4 Å². The lowest BCUT2D eigenvalue weighted by molar-refractivity contribution is 0.564. The molecule has 6 heteroatoms. The highest BCUT2D eigenvalue weighted by Crippen LogP contribution is 2.34. The van der Waals surface area contributed by atoms with Crippen molar-refractivity contribution in [3.05, 3.63) is 39.2 Å². The van der Waals surface area contributed by atoms with Crippen molar-refractivity contribution in [2.45, 2.75) is 26.2 Å². The summed E-state index contributed by atoms with van der Waals surface area (Å²) in [4.78, 5) is 8.58. The van der Waals surface area contributed by atoms with E-state index in [1.165, 1.54) is 6.07 Å². The Labute approximate surface area is 130 Å². The third-order valence-electron chi connectivity index (χ3n) is 2.78. The number of hydrogen-bond acceptors (Lipinski definition) is 3. The molecule has 0 aliphatic heterocycles. The van der Waals surface area contributed by atoms with Crippen LogP contribution in [0, 0.1) is 5.82 Å². The predicted octanol–water partition coefficient (Wildman–Crippen LogP) is 4.58. The first kappa shape index (κ1) is 15.2. The first-order chi connectivity index (χ1) is 9.21. The first-order valence-electron chi connectivity index (χ1n) is 5.99. The van der Waals surface area contributed by atoms with E-state index in [9.17, 15) is 4.39 Å². The molecule has 2 aromatic rings. The highest BCUT2D eigenvalue weighted by Gasteiger charge is 2.23. The van der Waals surface area contributed by atoms with Crippen molar-refractivity contribution in [2.24, 2.45) is 0 Å². The molecule has 1 aromatic heterocycles. The molecule has 20 heavy (non-hydrogen) atoms. The summed E-state index contributed by atoms with van der Waals surface area (Å²) in [5.74, 6) is -0.0364. The van der Waals surface area contributed by atoms with Crippen LogP contribution in [0.3, 0.4) is 0 Å². The smallest absolute Gasteiger partial charge is 0.164 e. The topological polar surface area (TPSA) is 51.8 Å². The molecule has 0 aliphatic rings. The monoisotopic (exact) mass is 357 g/mol. The normalized spacial score (nSPS) is 11.7. The number of benzene rings is 1. The van der Waals surface area contributed by atoms with Gasteiger partial charge in [0.15, 0.2) is 11.6 Å². The average Bonchev–Trinajstić information content (AvgIpc) is 2.34. The van der Waals surface area contributed by atoms with E-state index >= 15 is 0 Å². The number of aromatic nitrogens is 2. The van der Waals surface area contributed by atoms with Gasteiger partial charge in [-0.15, -0.1) is 0 Å². The minimum atomic E-state index is -0.546.